The molecule has 0 fully saturated rings. The lowest BCUT2D eigenvalue weighted by molar-refractivity contribution is 0.478. The van der Waals surface area contributed by atoms with Crippen LogP contribution in [0.25, 0.3) is 0 Å². The monoisotopic (exact) mass is 331 g/mol. The maximum absolute atomic E-state index is 13.2. The molecule has 2 rings (SSSR count). The van der Waals surface area contributed by atoms with E-state index in [0.717, 1.165) is 0 Å². The smallest absolute Gasteiger partial charge is 0.201 e. The Morgan fingerprint density at radius 3 is 2.78 bits per heavy atom. The molecule has 0 atom stereocenters. The van der Waals surface area contributed by atoms with E-state index in [1.54, 1.807) is 24.3 Å². The van der Waals surface area contributed by atoms with Gasteiger partial charge in [-0.25, -0.2) is 4.39 Å². The summed E-state index contributed by atoms with van der Waals surface area (Å²) >= 11 is 5.92. The van der Waals surface area contributed by atoms with Gasteiger partial charge in [-0.1, -0.05) is 17.7 Å². The van der Waals surface area contributed by atoms with Crippen LogP contribution in [-0.4, -0.2) is 11.5 Å². The molecule has 2 aromatic rings. The van der Waals surface area contributed by atoms with Gasteiger partial charge in [0.1, 0.15) is 23.3 Å². The zero-order valence-corrected chi connectivity index (χ0v) is 12.4. The Labute approximate surface area is 136 Å². The van der Waals surface area contributed by atoms with E-state index < -0.39 is 11.7 Å². The highest BCUT2D eigenvalue weighted by Gasteiger charge is 2.08. The van der Waals surface area contributed by atoms with Crippen LogP contribution in [0.2, 0.25) is 5.02 Å². The normalized spacial score (nSPS) is 10.7. The van der Waals surface area contributed by atoms with Crippen LogP contribution in [0.1, 0.15) is 0 Å². The fourth-order valence-corrected chi connectivity index (χ4v) is 1.77. The summed E-state index contributed by atoms with van der Waals surface area (Å²) in [4.78, 5) is 0. The van der Waals surface area contributed by atoms with Crippen molar-refractivity contribution in [3.05, 3.63) is 53.3 Å². The number of halogens is 2. The van der Waals surface area contributed by atoms with Gasteiger partial charge in [0, 0.05) is 11.1 Å². The van der Waals surface area contributed by atoms with Crippen LogP contribution in [0.4, 0.5) is 10.1 Å². The van der Waals surface area contributed by atoms with E-state index in [-0.39, 0.29) is 11.5 Å². The lowest BCUT2D eigenvalue weighted by atomic mass is 10.3. The number of nitrogens with one attached hydrogen (secondary N) is 2. The fourth-order valence-electron chi connectivity index (χ4n) is 1.60. The van der Waals surface area contributed by atoms with Gasteiger partial charge < -0.3 is 10.5 Å². The zero-order valence-electron chi connectivity index (χ0n) is 11.7. The molecular formula is C15H11ClFN5O. The molecule has 116 valence electrons. The molecule has 4 N–H and O–H groups in total. The summed E-state index contributed by atoms with van der Waals surface area (Å²) in [6, 6.07) is 11.9. The van der Waals surface area contributed by atoms with Crippen molar-refractivity contribution in [1.82, 2.24) is 0 Å². The summed E-state index contributed by atoms with van der Waals surface area (Å²) in [5, 5.41) is 20.1. The third kappa shape index (κ3) is 4.43. The molecule has 0 aromatic heterocycles. The van der Waals surface area contributed by atoms with Gasteiger partial charge in [0.05, 0.1) is 0 Å². The molecule has 0 bridgehead atoms. The quantitative estimate of drug-likeness (QED) is 0.442. The number of amidine groups is 1. The van der Waals surface area contributed by atoms with Gasteiger partial charge >= 0.3 is 0 Å². The molecule has 0 radical (unpaired) electrons. The largest absolute Gasteiger partial charge is 0.455 e. The minimum absolute atomic E-state index is 0.284. The van der Waals surface area contributed by atoms with Gasteiger partial charge in [0.25, 0.3) is 0 Å². The van der Waals surface area contributed by atoms with Gasteiger partial charge in [0.15, 0.2) is 11.6 Å². The van der Waals surface area contributed by atoms with Crippen molar-refractivity contribution >= 4 is 28.8 Å². The van der Waals surface area contributed by atoms with Crippen LogP contribution < -0.4 is 15.9 Å². The first-order valence-electron chi connectivity index (χ1n) is 6.31. The Morgan fingerprint density at radius 1 is 1.35 bits per heavy atom. The van der Waals surface area contributed by atoms with Crippen LogP contribution >= 0.6 is 11.6 Å². The van der Waals surface area contributed by atoms with Crippen molar-refractivity contribution in [3.63, 3.8) is 0 Å². The second-order valence-electron chi connectivity index (χ2n) is 4.30. The van der Waals surface area contributed by atoms with Crippen molar-refractivity contribution in [2.24, 2.45) is 10.8 Å². The fraction of sp³-hybridized carbons (Fsp3) is 0. The van der Waals surface area contributed by atoms with Crippen LogP contribution in [0.5, 0.6) is 11.5 Å². The number of hydrogen-bond donors (Lipinski definition) is 3. The molecule has 0 aliphatic heterocycles. The summed E-state index contributed by atoms with van der Waals surface area (Å²) in [5.41, 5.74) is 7.81. The van der Waals surface area contributed by atoms with Crippen molar-refractivity contribution in [3.8, 4) is 17.6 Å². The number of nitrogens with zero attached hydrogens (tertiary/aromatic N) is 2. The first-order chi connectivity index (χ1) is 11.0. The van der Waals surface area contributed by atoms with Crippen LogP contribution in [0.3, 0.4) is 0 Å². The topological polar surface area (TPSA) is 107 Å². The number of nitrogens with two attached hydrogens (primary N) is 1. The number of rotatable bonds is 5. The predicted octanol–water partition coefficient (Wildman–Crippen LogP) is 3.50. The molecular weight excluding hydrogens is 321 g/mol. The van der Waals surface area contributed by atoms with Crippen molar-refractivity contribution in [2.45, 2.75) is 0 Å². The maximum atomic E-state index is 13.2. The van der Waals surface area contributed by atoms with Gasteiger partial charge in [-0.3, -0.25) is 10.8 Å². The van der Waals surface area contributed by atoms with E-state index in [1.807, 2.05) is 0 Å². The molecule has 0 amide bonds. The van der Waals surface area contributed by atoms with E-state index >= 15 is 0 Å². The SMILES string of the molecule is N#C/C(=N\Nc1cc(Cl)ccc1Oc1cccc(F)c1)C(=N)N. The number of hydrazone groups is 1. The van der Waals surface area contributed by atoms with E-state index in [1.165, 1.54) is 24.3 Å². The highest BCUT2D eigenvalue weighted by atomic mass is 35.5. The van der Waals surface area contributed by atoms with E-state index in [9.17, 15) is 4.39 Å². The number of hydrogen-bond acceptors (Lipinski definition) is 5. The molecule has 0 spiro atoms. The van der Waals surface area contributed by atoms with Gasteiger partial charge in [-0.2, -0.15) is 10.4 Å². The average molecular weight is 332 g/mol. The third-order valence-corrected chi connectivity index (χ3v) is 2.85. The van der Waals surface area contributed by atoms with E-state index in [4.69, 9.17) is 32.7 Å². The summed E-state index contributed by atoms with van der Waals surface area (Å²) in [5.74, 6) is -0.321. The lowest BCUT2D eigenvalue weighted by Gasteiger charge is -2.11. The second-order valence-corrected chi connectivity index (χ2v) is 4.73. The van der Waals surface area contributed by atoms with E-state index in [2.05, 4.69) is 10.5 Å². The molecule has 0 heterocycles. The Balaban J connectivity index is 2.31. The van der Waals surface area contributed by atoms with Crippen molar-refractivity contribution < 1.29 is 9.13 Å². The predicted molar refractivity (Wildman–Crippen MR) is 86.5 cm³/mol. The number of benzene rings is 2. The lowest BCUT2D eigenvalue weighted by Crippen LogP contribution is -2.21. The van der Waals surface area contributed by atoms with Crippen LogP contribution in [0, 0.1) is 22.6 Å². The first kappa shape index (κ1) is 16.3. The van der Waals surface area contributed by atoms with Crippen molar-refractivity contribution in [1.29, 1.82) is 10.7 Å². The molecule has 0 aliphatic rings. The van der Waals surface area contributed by atoms with Crippen LogP contribution in [-0.2, 0) is 0 Å². The van der Waals surface area contributed by atoms with Gasteiger partial charge in [-0.05, 0) is 30.3 Å². The standard InChI is InChI=1S/C15H11ClFN5O/c16-9-4-5-14(23-11-3-1-2-10(17)7-11)12(6-9)21-22-13(8-18)15(19)20/h1-7,21H,(H3,19,20)/b22-13+. The number of nitriles is 1. The Morgan fingerprint density at radius 2 is 2.13 bits per heavy atom. The first-order valence-corrected chi connectivity index (χ1v) is 6.68. The highest BCUT2D eigenvalue weighted by Crippen LogP contribution is 2.32. The van der Waals surface area contributed by atoms with Crippen molar-refractivity contribution in [2.75, 3.05) is 5.43 Å². The zero-order chi connectivity index (χ0) is 16.8. The third-order valence-electron chi connectivity index (χ3n) is 2.61. The Hall–Kier alpha value is -3.11. The molecule has 23 heavy (non-hydrogen) atoms. The molecule has 6 nitrogen and oxygen atoms in total. The van der Waals surface area contributed by atoms with Gasteiger partial charge in [-0.15, -0.1) is 0 Å². The van der Waals surface area contributed by atoms with Crippen LogP contribution in [0.15, 0.2) is 47.6 Å². The summed E-state index contributed by atoms with van der Waals surface area (Å²) < 4.78 is 18.8. The minimum atomic E-state index is -0.477. The minimum Gasteiger partial charge on any atom is -0.455 e. The average Bonchev–Trinajstić information content (AvgIpc) is 2.50. The maximum Gasteiger partial charge on any atom is 0.201 e. The molecule has 0 saturated heterocycles. The summed E-state index contributed by atoms with van der Waals surface area (Å²) in [7, 11) is 0. The summed E-state index contributed by atoms with van der Waals surface area (Å²) in [6.07, 6.45) is 0. The van der Waals surface area contributed by atoms with Gasteiger partial charge in [0.2, 0.25) is 5.71 Å². The highest BCUT2D eigenvalue weighted by molar-refractivity contribution is 6.45. The molecule has 0 saturated carbocycles. The Bertz CT molecular complexity index is 816. The molecule has 0 aliphatic carbocycles. The number of anilines is 1. The second kappa shape index (κ2) is 7.24. The molecule has 8 heteroatoms. The summed E-state index contributed by atoms with van der Waals surface area (Å²) in [6.45, 7) is 0. The molecule has 0 unspecified atom stereocenters. The molecule has 2 aromatic carbocycles. The van der Waals surface area contributed by atoms with E-state index in [0.29, 0.717) is 16.5 Å². The number of ether oxygens (including phenoxy) is 1. The Kier molecular flexibility index (Phi) is 5.12.